The average Bonchev–Trinajstić information content (AvgIpc) is 3.17. The van der Waals surface area contributed by atoms with Gasteiger partial charge >= 0.3 is 5.97 Å². The molecule has 1 aliphatic rings. The highest BCUT2D eigenvalue weighted by atomic mass is 19.1. The molecule has 1 fully saturated rings. The van der Waals surface area contributed by atoms with Crippen LogP contribution in [0.15, 0.2) is 60.7 Å². The van der Waals surface area contributed by atoms with E-state index in [0.717, 1.165) is 35.5 Å². The van der Waals surface area contributed by atoms with Gasteiger partial charge in [-0.2, -0.15) is 0 Å². The van der Waals surface area contributed by atoms with Gasteiger partial charge in [-0.15, -0.1) is 0 Å². The Balaban J connectivity index is 1.72. The number of likely N-dealkylation sites (tertiary alicyclic amines) is 1. The van der Waals surface area contributed by atoms with E-state index in [2.05, 4.69) is 0 Å². The van der Waals surface area contributed by atoms with Crippen LogP contribution in [0.5, 0.6) is 0 Å². The van der Waals surface area contributed by atoms with Crippen LogP contribution in [0.3, 0.4) is 0 Å². The molecule has 0 spiro atoms. The van der Waals surface area contributed by atoms with Crippen molar-refractivity contribution in [3.63, 3.8) is 0 Å². The molecule has 1 saturated heterocycles. The summed E-state index contributed by atoms with van der Waals surface area (Å²) in [6, 6.07) is 18.0. The van der Waals surface area contributed by atoms with Gasteiger partial charge in [-0.1, -0.05) is 30.3 Å². The molecular formula is C26H27FN2O3. The summed E-state index contributed by atoms with van der Waals surface area (Å²) in [6.07, 6.45) is 1.49. The van der Waals surface area contributed by atoms with Crippen molar-refractivity contribution >= 4 is 11.9 Å². The molecule has 0 aliphatic carbocycles. The Kier molecular flexibility index (Phi) is 6.40. The molecule has 0 bridgehead atoms. The number of carbonyl (C=O) groups excluding carboxylic acids is 2. The summed E-state index contributed by atoms with van der Waals surface area (Å²) >= 11 is 0. The number of benzene rings is 2. The van der Waals surface area contributed by atoms with Crippen LogP contribution >= 0.6 is 0 Å². The lowest BCUT2D eigenvalue weighted by molar-refractivity contribution is -0.149. The Labute approximate surface area is 187 Å². The predicted octanol–water partition coefficient (Wildman–Crippen LogP) is 5.01. The topological polar surface area (TPSA) is 51.5 Å². The zero-order valence-corrected chi connectivity index (χ0v) is 18.4. The van der Waals surface area contributed by atoms with E-state index in [-0.39, 0.29) is 23.6 Å². The summed E-state index contributed by atoms with van der Waals surface area (Å²) in [4.78, 5) is 27.5. The SMILES string of the molecule is CCOC(=O)C1CCCN(C(=O)c2cc(-c3ccccc3)n(-c3ccc(F)cc3)c2C)C1. The first-order chi connectivity index (χ1) is 15.5. The van der Waals surface area contributed by atoms with Crippen LogP contribution in [-0.4, -0.2) is 41.0 Å². The van der Waals surface area contributed by atoms with Gasteiger partial charge in [-0.3, -0.25) is 9.59 Å². The molecule has 32 heavy (non-hydrogen) atoms. The fraction of sp³-hybridized carbons (Fsp3) is 0.308. The van der Waals surface area contributed by atoms with E-state index in [9.17, 15) is 14.0 Å². The molecule has 1 aliphatic heterocycles. The molecule has 1 amide bonds. The molecule has 0 N–H and O–H groups in total. The highest BCUT2D eigenvalue weighted by Gasteiger charge is 2.31. The number of carbonyl (C=O) groups is 2. The molecule has 0 saturated carbocycles. The second-order valence-electron chi connectivity index (χ2n) is 8.05. The van der Waals surface area contributed by atoms with Gasteiger partial charge in [-0.05, 0) is 62.6 Å². The van der Waals surface area contributed by atoms with Gasteiger partial charge in [0, 0.05) is 24.5 Å². The fourth-order valence-corrected chi connectivity index (χ4v) is 4.35. The predicted molar refractivity (Wildman–Crippen MR) is 121 cm³/mol. The Morgan fingerprint density at radius 1 is 1.09 bits per heavy atom. The lowest BCUT2D eigenvalue weighted by atomic mass is 9.97. The average molecular weight is 435 g/mol. The largest absolute Gasteiger partial charge is 0.466 e. The number of nitrogens with zero attached hydrogens (tertiary/aromatic N) is 2. The van der Waals surface area contributed by atoms with Gasteiger partial charge in [0.15, 0.2) is 0 Å². The summed E-state index contributed by atoms with van der Waals surface area (Å²) in [5, 5.41) is 0. The highest BCUT2D eigenvalue weighted by molar-refractivity contribution is 5.97. The van der Waals surface area contributed by atoms with Crippen molar-refractivity contribution in [2.75, 3.05) is 19.7 Å². The van der Waals surface area contributed by atoms with Crippen LogP contribution in [0.1, 0.15) is 35.8 Å². The fourth-order valence-electron chi connectivity index (χ4n) is 4.35. The van der Waals surface area contributed by atoms with Crippen LogP contribution in [0, 0.1) is 18.7 Å². The number of esters is 1. The first-order valence-electron chi connectivity index (χ1n) is 11.0. The number of piperidine rings is 1. The smallest absolute Gasteiger partial charge is 0.310 e. The van der Waals surface area contributed by atoms with Crippen molar-refractivity contribution in [3.8, 4) is 16.9 Å². The minimum absolute atomic E-state index is 0.102. The number of ether oxygens (including phenoxy) is 1. The maximum Gasteiger partial charge on any atom is 0.310 e. The molecule has 1 aromatic heterocycles. The molecule has 1 atom stereocenters. The highest BCUT2D eigenvalue weighted by Crippen LogP contribution is 2.31. The van der Waals surface area contributed by atoms with Crippen molar-refractivity contribution in [2.24, 2.45) is 5.92 Å². The van der Waals surface area contributed by atoms with E-state index >= 15 is 0 Å². The Hall–Kier alpha value is -3.41. The van der Waals surface area contributed by atoms with Crippen molar-refractivity contribution in [3.05, 3.63) is 77.7 Å². The molecule has 166 valence electrons. The summed E-state index contributed by atoms with van der Waals surface area (Å²) in [5.41, 5.74) is 3.96. The summed E-state index contributed by atoms with van der Waals surface area (Å²) in [6.45, 7) is 4.99. The standard InChI is InChI=1S/C26H27FN2O3/c1-3-32-26(31)20-10-7-15-28(17-20)25(30)23-16-24(19-8-5-4-6-9-19)29(18(23)2)22-13-11-21(27)12-14-22/h4-6,8-9,11-14,16,20H,3,7,10,15,17H2,1-2H3. The van der Waals surface area contributed by atoms with Crippen molar-refractivity contribution < 1.29 is 18.7 Å². The molecular weight excluding hydrogens is 407 g/mol. The molecule has 6 heteroatoms. The van der Waals surface area contributed by atoms with E-state index in [1.807, 2.05) is 47.9 Å². The van der Waals surface area contributed by atoms with Crippen molar-refractivity contribution in [1.29, 1.82) is 0 Å². The van der Waals surface area contributed by atoms with Gasteiger partial charge in [0.2, 0.25) is 0 Å². The van der Waals surface area contributed by atoms with Crippen LogP contribution in [0.4, 0.5) is 4.39 Å². The maximum absolute atomic E-state index is 13.6. The first-order valence-corrected chi connectivity index (χ1v) is 11.0. The summed E-state index contributed by atoms with van der Waals surface area (Å²) in [5.74, 6) is -0.944. The van der Waals surface area contributed by atoms with E-state index in [4.69, 9.17) is 4.74 Å². The molecule has 2 aromatic carbocycles. The number of hydrogen-bond donors (Lipinski definition) is 0. The third-order valence-electron chi connectivity index (χ3n) is 5.96. The minimum atomic E-state index is -0.311. The van der Waals surface area contributed by atoms with Gasteiger partial charge in [0.05, 0.1) is 23.8 Å². The molecule has 0 radical (unpaired) electrons. The van der Waals surface area contributed by atoms with Crippen LogP contribution in [0.25, 0.3) is 16.9 Å². The second kappa shape index (κ2) is 9.39. The molecule has 3 aromatic rings. The Morgan fingerprint density at radius 2 is 1.81 bits per heavy atom. The molecule has 2 heterocycles. The lowest BCUT2D eigenvalue weighted by Gasteiger charge is -2.31. The molecule has 4 rings (SSSR count). The van der Waals surface area contributed by atoms with Crippen LogP contribution in [-0.2, 0) is 9.53 Å². The van der Waals surface area contributed by atoms with Crippen molar-refractivity contribution in [2.45, 2.75) is 26.7 Å². The van der Waals surface area contributed by atoms with E-state index < -0.39 is 0 Å². The van der Waals surface area contributed by atoms with Gasteiger partial charge in [0.25, 0.3) is 5.91 Å². The number of hydrogen-bond acceptors (Lipinski definition) is 3. The summed E-state index contributed by atoms with van der Waals surface area (Å²) in [7, 11) is 0. The van der Waals surface area contributed by atoms with E-state index in [0.29, 0.717) is 25.3 Å². The normalized spacial score (nSPS) is 16.1. The lowest BCUT2D eigenvalue weighted by Crippen LogP contribution is -2.43. The second-order valence-corrected chi connectivity index (χ2v) is 8.05. The van der Waals surface area contributed by atoms with Crippen LogP contribution < -0.4 is 0 Å². The zero-order chi connectivity index (χ0) is 22.7. The van der Waals surface area contributed by atoms with E-state index in [1.54, 1.807) is 24.0 Å². The Morgan fingerprint density at radius 3 is 2.50 bits per heavy atom. The number of aromatic nitrogens is 1. The van der Waals surface area contributed by atoms with Gasteiger partial charge in [0.1, 0.15) is 5.82 Å². The quantitative estimate of drug-likeness (QED) is 0.531. The zero-order valence-electron chi connectivity index (χ0n) is 18.4. The van der Waals surface area contributed by atoms with Gasteiger partial charge in [-0.25, -0.2) is 4.39 Å². The third-order valence-corrected chi connectivity index (χ3v) is 5.96. The Bertz CT molecular complexity index is 1110. The van der Waals surface area contributed by atoms with Crippen LogP contribution in [0.2, 0.25) is 0 Å². The van der Waals surface area contributed by atoms with Gasteiger partial charge < -0.3 is 14.2 Å². The molecule has 1 unspecified atom stereocenters. The first kappa shape index (κ1) is 21.8. The monoisotopic (exact) mass is 434 g/mol. The number of amides is 1. The number of halogens is 1. The molecule has 5 nitrogen and oxygen atoms in total. The number of rotatable bonds is 5. The third kappa shape index (κ3) is 4.31. The van der Waals surface area contributed by atoms with Crippen molar-refractivity contribution in [1.82, 2.24) is 9.47 Å². The van der Waals surface area contributed by atoms with E-state index in [1.165, 1.54) is 12.1 Å². The summed E-state index contributed by atoms with van der Waals surface area (Å²) < 4.78 is 20.7. The maximum atomic E-state index is 13.6. The minimum Gasteiger partial charge on any atom is -0.466 e.